The van der Waals surface area contributed by atoms with Crippen LogP contribution in [-0.4, -0.2) is 12.3 Å². The maximum absolute atomic E-state index is 6.32. The van der Waals surface area contributed by atoms with Crippen molar-refractivity contribution in [3.05, 3.63) is 63.1 Å². The molecule has 1 aliphatic rings. The van der Waals surface area contributed by atoms with Gasteiger partial charge in [0.05, 0.1) is 28.0 Å². The summed E-state index contributed by atoms with van der Waals surface area (Å²) in [5.74, 6) is 0. The van der Waals surface area contributed by atoms with Crippen molar-refractivity contribution in [2.75, 3.05) is 5.01 Å². The molecule has 0 amide bonds. The molecule has 22 heavy (non-hydrogen) atoms. The van der Waals surface area contributed by atoms with Gasteiger partial charge in [0, 0.05) is 6.42 Å². The molecule has 2 aromatic rings. The number of anilines is 1. The van der Waals surface area contributed by atoms with Gasteiger partial charge >= 0.3 is 0 Å². The first-order valence-electron chi connectivity index (χ1n) is 7.14. The van der Waals surface area contributed by atoms with Crippen molar-refractivity contribution in [2.24, 2.45) is 5.10 Å². The highest BCUT2D eigenvalue weighted by atomic mass is 35.5. The maximum Gasteiger partial charge on any atom is 0.0929 e. The smallest absolute Gasteiger partial charge is 0.0929 e. The van der Waals surface area contributed by atoms with Gasteiger partial charge in [-0.1, -0.05) is 58.6 Å². The van der Waals surface area contributed by atoms with Crippen LogP contribution in [0.1, 0.15) is 16.7 Å². The molecule has 3 nitrogen and oxygen atoms in total. The number of nitrogens with one attached hydrogen (secondary N) is 1. The van der Waals surface area contributed by atoms with E-state index in [1.165, 1.54) is 16.7 Å². The van der Waals surface area contributed by atoms with Gasteiger partial charge in [-0.2, -0.15) is 5.10 Å². The largest absolute Gasteiger partial charge is 0.262 e. The molecule has 0 saturated carbocycles. The Balaban J connectivity index is 1.87. The molecule has 0 radical (unpaired) electrons. The normalized spacial score (nSPS) is 16.9. The molecule has 0 spiro atoms. The monoisotopic (exact) mass is 333 g/mol. The molecular weight excluding hydrogens is 317 g/mol. The van der Waals surface area contributed by atoms with Crippen LogP contribution < -0.4 is 10.5 Å². The fraction of sp³-hybridized carbons (Fsp3) is 0.235. The van der Waals surface area contributed by atoms with Crippen molar-refractivity contribution in [3.8, 4) is 0 Å². The molecule has 1 N–H and O–H groups in total. The van der Waals surface area contributed by atoms with Crippen molar-refractivity contribution >= 4 is 35.1 Å². The number of rotatable bonds is 3. The molecule has 0 saturated heterocycles. The Kier molecular flexibility index (Phi) is 4.27. The first-order chi connectivity index (χ1) is 10.5. The number of hydrogen-bond acceptors (Lipinski definition) is 3. The molecule has 1 heterocycles. The summed E-state index contributed by atoms with van der Waals surface area (Å²) in [5, 5.41) is 7.21. The Bertz CT molecular complexity index is 708. The van der Waals surface area contributed by atoms with Gasteiger partial charge in [0.1, 0.15) is 0 Å². The van der Waals surface area contributed by atoms with Gasteiger partial charge in [-0.3, -0.25) is 5.01 Å². The van der Waals surface area contributed by atoms with E-state index in [1.807, 2.05) is 23.4 Å². The quantitative estimate of drug-likeness (QED) is 0.893. The van der Waals surface area contributed by atoms with Gasteiger partial charge in [0.2, 0.25) is 0 Å². The van der Waals surface area contributed by atoms with E-state index in [0.29, 0.717) is 10.0 Å². The van der Waals surface area contributed by atoms with Gasteiger partial charge < -0.3 is 0 Å². The predicted octanol–water partition coefficient (Wildman–Crippen LogP) is 4.53. The lowest BCUT2D eigenvalue weighted by Gasteiger charge is -2.26. The summed E-state index contributed by atoms with van der Waals surface area (Å²) >= 11 is 12.4. The second-order valence-electron chi connectivity index (χ2n) is 5.59. The van der Waals surface area contributed by atoms with Crippen LogP contribution in [0.3, 0.4) is 0 Å². The third-order valence-corrected chi connectivity index (χ3v) is 4.47. The topological polar surface area (TPSA) is 27.6 Å². The highest BCUT2D eigenvalue weighted by Crippen LogP contribution is 2.33. The number of hydrogen-bond donors (Lipinski definition) is 1. The SMILES string of the molecule is Cc1cc(C)cc(CC2C=NNN2c2cccc(Cl)c2Cl)c1. The molecule has 0 aromatic heterocycles. The summed E-state index contributed by atoms with van der Waals surface area (Å²) in [5.41, 5.74) is 7.65. The maximum atomic E-state index is 6.32. The van der Waals surface area contributed by atoms with E-state index in [0.717, 1.165) is 12.1 Å². The second-order valence-corrected chi connectivity index (χ2v) is 6.37. The molecule has 0 fully saturated rings. The Morgan fingerprint density at radius 2 is 1.86 bits per heavy atom. The standard InChI is InChI=1S/C17H17Cl2N3/c1-11-6-12(2)8-13(7-11)9-14-10-20-21-22(14)16-5-3-4-15(18)17(16)19/h3-8,10,14,21H,9H2,1-2H3. The lowest BCUT2D eigenvalue weighted by molar-refractivity contribution is 0.655. The zero-order valence-corrected chi connectivity index (χ0v) is 14.0. The zero-order chi connectivity index (χ0) is 15.7. The van der Waals surface area contributed by atoms with Crippen LogP contribution in [0.4, 0.5) is 5.69 Å². The fourth-order valence-corrected chi connectivity index (χ4v) is 3.19. The molecule has 0 bridgehead atoms. The molecular formula is C17H17Cl2N3. The minimum absolute atomic E-state index is 0.0946. The lowest BCUT2D eigenvalue weighted by atomic mass is 10.0. The number of benzene rings is 2. The molecule has 3 rings (SSSR count). The lowest BCUT2D eigenvalue weighted by Crippen LogP contribution is -2.40. The van der Waals surface area contributed by atoms with E-state index < -0.39 is 0 Å². The Labute approximate surface area is 140 Å². The van der Waals surface area contributed by atoms with Gasteiger partial charge in [-0.25, -0.2) is 5.53 Å². The van der Waals surface area contributed by atoms with E-state index >= 15 is 0 Å². The van der Waals surface area contributed by atoms with E-state index in [4.69, 9.17) is 23.2 Å². The number of halogens is 2. The molecule has 1 unspecified atom stereocenters. The van der Waals surface area contributed by atoms with Crippen molar-refractivity contribution in [3.63, 3.8) is 0 Å². The van der Waals surface area contributed by atoms with Crippen molar-refractivity contribution < 1.29 is 0 Å². The molecule has 1 aliphatic heterocycles. The number of aryl methyl sites for hydroxylation is 2. The van der Waals surface area contributed by atoms with Crippen molar-refractivity contribution in [1.82, 2.24) is 5.53 Å². The van der Waals surface area contributed by atoms with Crippen LogP contribution in [0.25, 0.3) is 0 Å². The van der Waals surface area contributed by atoms with Crippen LogP contribution in [0, 0.1) is 13.8 Å². The van der Waals surface area contributed by atoms with Crippen LogP contribution in [0.5, 0.6) is 0 Å². The van der Waals surface area contributed by atoms with E-state index in [9.17, 15) is 0 Å². The summed E-state index contributed by atoms with van der Waals surface area (Å²) in [6, 6.07) is 12.3. The number of hydrazine groups is 1. The van der Waals surface area contributed by atoms with E-state index in [1.54, 1.807) is 6.07 Å². The third kappa shape index (κ3) is 3.06. The average molecular weight is 334 g/mol. The average Bonchev–Trinajstić information content (AvgIpc) is 2.88. The Hall–Kier alpha value is -1.71. The van der Waals surface area contributed by atoms with Crippen molar-refractivity contribution in [1.29, 1.82) is 0 Å². The Morgan fingerprint density at radius 3 is 2.59 bits per heavy atom. The highest BCUT2D eigenvalue weighted by Gasteiger charge is 2.24. The van der Waals surface area contributed by atoms with Crippen LogP contribution in [-0.2, 0) is 6.42 Å². The van der Waals surface area contributed by atoms with Crippen molar-refractivity contribution in [2.45, 2.75) is 26.3 Å². The first-order valence-corrected chi connectivity index (χ1v) is 7.89. The number of hydrazone groups is 1. The van der Waals surface area contributed by atoms with Gasteiger partial charge in [-0.05, 0) is 31.5 Å². The molecule has 2 aromatic carbocycles. The van der Waals surface area contributed by atoms with Crippen LogP contribution >= 0.6 is 23.2 Å². The number of nitrogens with zero attached hydrogens (tertiary/aromatic N) is 2. The fourth-order valence-electron chi connectivity index (χ4n) is 2.81. The third-order valence-electron chi connectivity index (χ3n) is 3.66. The molecule has 1 atom stereocenters. The van der Waals surface area contributed by atoms with Crippen LogP contribution in [0.15, 0.2) is 41.5 Å². The summed E-state index contributed by atoms with van der Waals surface area (Å²) < 4.78 is 0. The van der Waals surface area contributed by atoms with E-state index in [-0.39, 0.29) is 6.04 Å². The summed E-state index contributed by atoms with van der Waals surface area (Å²) in [7, 11) is 0. The molecule has 5 heteroatoms. The minimum Gasteiger partial charge on any atom is -0.262 e. The van der Waals surface area contributed by atoms with Gasteiger partial charge in [0.15, 0.2) is 0 Å². The zero-order valence-electron chi connectivity index (χ0n) is 12.5. The second kappa shape index (κ2) is 6.19. The minimum atomic E-state index is 0.0946. The first kappa shape index (κ1) is 15.2. The summed E-state index contributed by atoms with van der Waals surface area (Å²) in [4.78, 5) is 0. The highest BCUT2D eigenvalue weighted by molar-refractivity contribution is 6.43. The summed E-state index contributed by atoms with van der Waals surface area (Å²) in [6.07, 6.45) is 2.75. The van der Waals surface area contributed by atoms with Gasteiger partial charge in [-0.15, -0.1) is 0 Å². The Morgan fingerprint density at radius 1 is 1.14 bits per heavy atom. The molecule has 0 aliphatic carbocycles. The van der Waals surface area contributed by atoms with E-state index in [2.05, 4.69) is 42.7 Å². The van der Waals surface area contributed by atoms with Gasteiger partial charge in [0.25, 0.3) is 0 Å². The summed E-state index contributed by atoms with van der Waals surface area (Å²) in [6.45, 7) is 4.23. The molecule has 114 valence electrons. The predicted molar refractivity (Wildman–Crippen MR) is 94.0 cm³/mol. The van der Waals surface area contributed by atoms with Crippen LogP contribution in [0.2, 0.25) is 10.0 Å².